The van der Waals surface area contributed by atoms with Gasteiger partial charge in [-0.2, -0.15) is 0 Å². The first-order valence-electron chi connectivity index (χ1n) is 10.0. The predicted octanol–water partition coefficient (Wildman–Crippen LogP) is 4.11. The summed E-state index contributed by atoms with van der Waals surface area (Å²) < 4.78 is 53.9. The van der Waals surface area contributed by atoms with Crippen molar-refractivity contribution < 1.29 is 16.8 Å². The number of rotatable bonds is 5. The maximum Gasteiger partial charge on any atom is 0.225 e. The minimum atomic E-state index is -4.09. The Bertz CT molecular complexity index is 1340. The van der Waals surface area contributed by atoms with Gasteiger partial charge in [0.25, 0.3) is 0 Å². The summed E-state index contributed by atoms with van der Waals surface area (Å²) in [6.07, 6.45) is 6.17. The molecule has 0 N–H and O–H groups in total. The Morgan fingerprint density at radius 3 is 2.30 bits per heavy atom. The van der Waals surface area contributed by atoms with Gasteiger partial charge in [0.1, 0.15) is 0 Å². The second-order valence-corrected chi connectivity index (χ2v) is 11.7. The average molecular weight is 440 g/mol. The third kappa shape index (κ3) is 3.26. The quantitative estimate of drug-likeness (QED) is 0.597. The van der Waals surface area contributed by atoms with E-state index in [4.69, 9.17) is 0 Å². The van der Waals surface area contributed by atoms with Crippen LogP contribution in [0.1, 0.15) is 41.9 Å². The van der Waals surface area contributed by atoms with Crippen LogP contribution in [0.25, 0.3) is 0 Å². The molecule has 0 bridgehead atoms. The molecule has 2 aliphatic carbocycles. The monoisotopic (exact) mass is 439 g/mol. The van der Waals surface area contributed by atoms with Crippen LogP contribution in [0.4, 0.5) is 0 Å². The first-order valence-corrected chi connectivity index (χ1v) is 13.0. The van der Waals surface area contributed by atoms with Crippen molar-refractivity contribution in [3.05, 3.63) is 77.5 Å². The Morgan fingerprint density at radius 1 is 0.767 bits per heavy atom. The van der Waals surface area contributed by atoms with Crippen LogP contribution in [-0.2, 0) is 32.5 Å². The van der Waals surface area contributed by atoms with Crippen molar-refractivity contribution in [2.45, 2.75) is 57.7 Å². The lowest BCUT2D eigenvalue weighted by atomic mass is 10.1. The Balaban J connectivity index is 1.70. The fraction of sp³-hybridized carbons (Fsp3) is 0.261. The van der Waals surface area contributed by atoms with E-state index in [1.807, 2.05) is 6.07 Å². The summed E-state index contributed by atoms with van der Waals surface area (Å²) in [5, 5.41) is -0.150. The number of hydrogen-bond donors (Lipinski definition) is 0. The van der Waals surface area contributed by atoms with Gasteiger partial charge >= 0.3 is 0 Å². The molecule has 0 radical (unpaired) electrons. The number of aromatic nitrogens is 1. The molecule has 7 heteroatoms. The number of pyridine rings is 1. The molecular formula is C23H21NO4S2. The topological polar surface area (TPSA) is 81.2 Å². The second kappa shape index (κ2) is 7.03. The van der Waals surface area contributed by atoms with E-state index in [0.717, 1.165) is 43.2 Å². The van der Waals surface area contributed by atoms with Crippen LogP contribution in [0, 0.1) is 0 Å². The molecule has 1 aromatic heterocycles. The van der Waals surface area contributed by atoms with E-state index < -0.39 is 19.7 Å². The van der Waals surface area contributed by atoms with E-state index in [-0.39, 0.29) is 19.7 Å². The Hall–Kier alpha value is -2.51. The van der Waals surface area contributed by atoms with Gasteiger partial charge in [0.2, 0.25) is 19.7 Å². The molecule has 0 unspecified atom stereocenters. The van der Waals surface area contributed by atoms with Gasteiger partial charge in [-0.25, -0.2) is 21.8 Å². The van der Waals surface area contributed by atoms with Crippen molar-refractivity contribution in [3.8, 4) is 0 Å². The normalized spacial score (nSPS) is 16.4. The molecule has 2 aromatic carbocycles. The highest BCUT2D eigenvalue weighted by atomic mass is 32.2. The van der Waals surface area contributed by atoms with Crippen LogP contribution in [0.5, 0.6) is 0 Å². The van der Waals surface area contributed by atoms with E-state index in [2.05, 4.69) is 4.98 Å². The van der Waals surface area contributed by atoms with Crippen molar-refractivity contribution in [1.29, 1.82) is 0 Å². The fourth-order valence-corrected chi connectivity index (χ4v) is 7.42. The molecule has 5 nitrogen and oxygen atoms in total. The minimum Gasteiger partial charge on any atom is -0.244 e. The van der Waals surface area contributed by atoms with E-state index in [9.17, 15) is 16.8 Å². The van der Waals surface area contributed by atoms with Crippen LogP contribution < -0.4 is 0 Å². The van der Waals surface area contributed by atoms with Gasteiger partial charge in [0.05, 0.1) is 14.7 Å². The first-order chi connectivity index (χ1) is 14.4. The maximum absolute atomic E-state index is 13.5. The van der Waals surface area contributed by atoms with Crippen LogP contribution in [-0.4, -0.2) is 21.8 Å². The van der Waals surface area contributed by atoms with Crippen LogP contribution in [0.3, 0.4) is 0 Å². The lowest BCUT2D eigenvalue weighted by molar-refractivity contribution is 0.580. The molecule has 154 valence electrons. The molecule has 30 heavy (non-hydrogen) atoms. The SMILES string of the molecule is O=S(=O)(c1ccc2c(c1)CCC2)c1ccc(C2CC2)cc1S(=O)(=O)c1ccccn1. The number of aryl methyl sites for hydroxylation is 2. The van der Waals surface area contributed by atoms with Crippen molar-refractivity contribution in [3.63, 3.8) is 0 Å². The fourth-order valence-electron chi connectivity index (χ4n) is 4.09. The van der Waals surface area contributed by atoms with Crippen molar-refractivity contribution in [1.82, 2.24) is 4.98 Å². The smallest absolute Gasteiger partial charge is 0.225 e. The summed E-state index contributed by atoms with van der Waals surface area (Å²) in [7, 11) is -8.10. The number of hydrogen-bond acceptors (Lipinski definition) is 5. The van der Waals surface area contributed by atoms with Crippen molar-refractivity contribution in [2.24, 2.45) is 0 Å². The highest BCUT2D eigenvalue weighted by molar-refractivity contribution is 7.94. The highest BCUT2D eigenvalue weighted by Crippen LogP contribution is 2.42. The minimum absolute atomic E-state index is 0.139. The molecule has 3 aromatic rings. The van der Waals surface area contributed by atoms with Crippen LogP contribution >= 0.6 is 0 Å². The number of benzene rings is 2. The van der Waals surface area contributed by atoms with Gasteiger partial charge in [-0.15, -0.1) is 0 Å². The summed E-state index contributed by atoms with van der Waals surface area (Å²) in [5.74, 6) is 0.291. The Morgan fingerprint density at radius 2 is 1.57 bits per heavy atom. The molecule has 0 saturated heterocycles. The summed E-state index contributed by atoms with van der Waals surface area (Å²) in [6, 6.07) is 14.5. The highest BCUT2D eigenvalue weighted by Gasteiger charge is 2.33. The predicted molar refractivity (Wildman–Crippen MR) is 112 cm³/mol. The summed E-state index contributed by atoms with van der Waals surface area (Å²) >= 11 is 0. The van der Waals surface area contributed by atoms with E-state index in [1.165, 1.54) is 30.0 Å². The van der Waals surface area contributed by atoms with Gasteiger partial charge in [-0.1, -0.05) is 18.2 Å². The summed E-state index contributed by atoms with van der Waals surface area (Å²) in [6.45, 7) is 0. The van der Waals surface area contributed by atoms with Gasteiger partial charge in [0.15, 0.2) is 5.03 Å². The molecule has 0 aliphatic heterocycles. The van der Waals surface area contributed by atoms with E-state index in [0.29, 0.717) is 5.92 Å². The first kappa shape index (κ1) is 19.5. The Kier molecular flexibility index (Phi) is 4.56. The zero-order chi connectivity index (χ0) is 20.9. The lowest BCUT2D eigenvalue weighted by Crippen LogP contribution is -2.12. The van der Waals surface area contributed by atoms with Gasteiger partial charge in [-0.3, -0.25) is 0 Å². The molecule has 2 aliphatic rings. The lowest BCUT2D eigenvalue weighted by Gasteiger charge is -2.14. The second-order valence-electron chi connectivity index (χ2n) is 7.94. The molecule has 1 heterocycles. The van der Waals surface area contributed by atoms with Gasteiger partial charge in [-0.05, 0) is 91.1 Å². The van der Waals surface area contributed by atoms with Crippen LogP contribution in [0.15, 0.2) is 80.5 Å². The van der Waals surface area contributed by atoms with Crippen molar-refractivity contribution in [2.75, 3.05) is 0 Å². The molecule has 1 saturated carbocycles. The zero-order valence-electron chi connectivity index (χ0n) is 16.3. The maximum atomic E-state index is 13.5. The largest absolute Gasteiger partial charge is 0.244 e. The number of nitrogens with zero attached hydrogens (tertiary/aromatic N) is 1. The number of fused-ring (bicyclic) bond motifs is 1. The standard InChI is InChI=1S/C23H21NO4S2/c25-29(26,20-11-9-16-4-3-5-18(16)14-20)21-12-10-19(17-7-8-17)15-22(21)30(27,28)23-6-1-2-13-24-23/h1-2,6,9-15,17H,3-5,7-8H2. The molecule has 1 fully saturated rings. The molecule has 0 atom stereocenters. The molecule has 0 spiro atoms. The van der Waals surface area contributed by atoms with Crippen molar-refractivity contribution >= 4 is 19.7 Å². The van der Waals surface area contributed by atoms with Gasteiger partial charge in [0, 0.05) is 6.20 Å². The molecular weight excluding hydrogens is 418 g/mol. The van der Waals surface area contributed by atoms with Crippen LogP contribution in [0.2, 0.25) is 0 Å². The summed E-state index contributed by atoms with van der Waals surface area (Å²) in [5.41, 5.74) is 3.05. The summed E-state index contributed by atoms with van der Waals surface area (Å²) in [4.78, 5) is 3.74. The number of sulfone groups is 2. The Labute approximate surface area is 176 Å². The molecule has 5 rings (SSSR count). The third-order valence-electron chi connectivity index (χ3n) is 5.89. The van der Waals surface area contributed by atoms with E-state index in [1.54, 1.807) is 30.3 Å². The zero-order valence-corrected chi connectivity index (χ0v) is 17.9. The van der Waals surface area contributed by atoms with E-state index >= 15 is 0 Å². The molecule has 0 amide bonds. The van der Waals surface area contributed by atoms with Gasteiger partial charge < -0.3 is 0 Å². The third-order valence-corrected chi connectivity index (χ3v) is 9.54. The average Bonchev–Trinajstić information content (AvgIpc) is 3.50.